The molecule has 0 spiro atoms. The summed E-state index contributed by atoms with van der Waals surface area (Å²) in [6.07, 6.45) is 4.57. The van der Waals surface area contributed by atoms with Crippen molar-refractivity contribution in [1.82, 2.24) is 10.3 Å². The Kier molecular flexibility index (Phi) is 5.32. The maximum atomic E-state index is 12.2. The van der Waals surface area contributed by atoms with Gasteiger partial charge in [0, 0.05) is 29.6 Å². The number of carbonyl (C=O) groups excluding carboxylic acids is 1. The molecule has 118 valence electrons. The van der Waals surface area contributed by atoms with Gasteiger partial charge in [0.25, 0.3) is 5.91 Å². The lowest BCUT2D eigenvalue weighted by Gasteiger charge is -2.05. The maximum absolute atomic E-state index is 12.2. The molecule has 2 aromatic rings. The van der Waals surface area contributed by atoms with Crippen LogP contribution in [0.5, 0.6) is 0 Å². The Morgan fingerprint density at radius 2 is 2.23 bits per heavy atom. The molecule has 7 heteroatoms. The van der Waals surface area contributed by atoms with Crippen molar-refractivity contribution in [2.45, 2.75) is 33.1 Å². The number of nitrogens with one attached hydrogen (secondary N) is 1. The number of aryl methyl sites for hydroxylation is 2. The van der Waals surface area contributed by atoms with E-state index in [1.54, 1.807) is 18.3 Å². The molecule has 0 aromatic carbocycles. The first-order valence-electron chi connectivity index (χ1n) is 7.01. The van der Waals surface area contributed by atoms with Crippen LogP contribution in [0.1, 0.15) is 38.5 Å². The molecule has 0 saturated heterocycles. The molecule has 0 radical (unpaired) electrons. The number of furan rings is 1. The maximum Gasteiger partial charge on any atom is 0.311 e. The van der Waals surface area contributed by atoms with E-state index in [1.165, 1.54) is 11.1 Å². The van der Waals surface area contributed by atoms with Gasteiger partial charge in [0.2, 0.25) is 0 Å². The summed E-state index contributed by atoms with van der Waals surface area (Å²) < 4.78 is 5.16. The summed E-state index contributed by atoms with van der Waals surface area (Å²) in [5.41, 5.74) is 0.951. The second-order valence-electron chi connectivity index (χ2n) is 4.87. The fraction of sp³-hybridized carbons (Fsp3) is 0.400. The molecule has 2 N–H and O–H groups in total. The minimum atomic E-state index is -1.03. The molecule has 0 atom stereocenters. The van der Waals surface area contributed by atoms with E-state index in [4.69, 9.17) is 9.52 Å². The Morgan fingerprint density at radius 1 is 1.45 bits per heavy atom. The van der Waals surface area contributed by atoms with Crippen molar-refractivity contribution in [2.75, 3.05) is 6.54 Å². The van der Waals surface area contributed by atoms with Crippen molar-refractivity contribution in [3.63, 3.8) is 0 Å². The first-order chi connectivity index (χ1) is 10.5. The number of aromatic nitrogens is 1. The number of carbonyl (C=O) groups is 2. The first kappa shape index (κ1) is 16.2. The second-order valence-corrected chi connectivity index (χ2v) is 6.07. The topological polar surface area (TPSA) is 92.4 Å². The summed E-state index contributed by atoms with van der Waals surface area (Å²) >= 11 is 1.64. The number of amides is 1. The molecule has 0 bridgehead atoms. The minimum Gasteiger partial charge on any atom is -0.481 e. The summed E-state index contributed by atoms with van der Waals surface area (Å²) in [6, 6.07) is 0. The molecule has 2 rings (SSSR count). The van der Waals surface area contributed by atoms with Crippen molar-refractivity contribution in [1.29, 1.82) is 0 Å². The monoisotopic (exact) mass is 322 g/mol. The fourth-order valence-corrected chi connectivity index (χ4v) is 2.93. The molecule has 1 amide bonds. The molecule has 0 aliphatic carbocycles. The highest BCUT2D eigenvalue weighted by Gasteiger charge is 2.20. The summed E-state index contributed by atoms with van der Waals surface area (Å²) in [5, 5.41) is 12.6. The molecule has 6 nitrogen and oxygen atoms in total. The van der Waals surface area contributed by atoms with E-state index in [2.05, 4.69) is 17.2 Å². The van der Waals surface area contributed by atoms with Crippen molar-refractivity contribution in [2.24, 2.45) is 0 Å². The average Bonchev–Trinajstić information content (AvgIpc) is 3.05. The van der Waals surface area contributed by atoms with Gasteiger partial charge in [-0.2, -0.15) is 0 Å². The van der Waals surface area contributed by atoms with E-state index in [1.807, 2.05) is 6.20 Å². The van der Waals surface area contributed by atoms with Gasteiger partial charge in [-0.05, 0) is 13.3 Å². The van der Waals surface area contributed by atoms with E-state index < -0.39 is 5.97 Å². The Bertz CT molecular complexity index is 675. The number of hydrogen-bond acceptors (Lipinski definition) is 5. The van der Waals surface area contributed by atoms with E-state index in [0.29, 0.717) is 24.1 Å². The van der Waals surface area contributed by atoms with Gasteiger partial charge in [-0.1, -0.05) is 6.92 Å². The number of hydrogen-bond donors (Lipinski definition) is 2. The van der Waals surface area contributed by atoms with Crippen LogP contribution in [0, 0.1) is 6.92 Å². The summed E-state index contributed by atoms with van der Waals surface area (Å²) in [5.74, 6) is -1.15. The van der Waals surface area contributed by atoms with E-state index in [-0.39, 0.29) is 18.1 Å². The van der Waals surface area contributed by atoms with Crippen LogP contribution >= 0.6 is 11.3 Å². The molecule has 2 aromatic heterocycles. The fourth-order valence-electron chi connectivity index (χ4n) is 2.07. The SMILES string of the molecule is CCc1cnc(CCNC(=O)c2c(C)coc2CC(=O)O)s1. The van der Waals surface area contributed by atoms with Gasteiger partial charge in [0.1, 0.15) is 12.2 Å². The van der Waals surface area contributed by atoms with Crippen LogP contribution < -0.4 is 5.32 Å². The van der Waals surface area contributed by atoms with Gasteiger partial charge in [-0.3, -0.25) is 9.59 Å². The van der Waals surface area contributed by atoms with Gasteiger partial charge in [0.15, 0.2) is 0 Å². The number of thiazole rings is 1. The highest BCUT2D eigenvalue weighted by Crippen LogP contribution is 2.17. The predicted molar refractivity (Wildman–Crippen MR) is 82.3 cm³/mol. The Hall–Kier alpha value is -2.15. The molecule has 0 aliphatic heterocycles. The molecular weight excluding hydrogens is 304 g/mol. The van der Waals surface area contributed by atoms with Gasteiger partial charge in [0.05, 0.1) is 16.8 Å². The largest absolute Gasteiger partial charge is 0.481 e. The molecule has 0 saturated carbocycles. The van der Waals surface area contributed by atoms with Gasteiger partial charge in [-0.15, -0.1) is 11.3 Å². The van der Waals surface area contributed by atoms with Crippen LogP contribution in [0.15, 0.2) is 16.9 Å². The molecular formula is C15H18N2O4S. The number of carboxylic acids is 1. The van der Waals surface area contributed by atoms with Crippen LogP contribution in [-0.4, -0.2) is 28.5 Å². The van der Waals surface area contributed by atoms with E-state index in [9.17, 15) is 9.59 Å². The lowest BCUT2D eigenvalue weighted by molar-refractivity contribution is -0.136. The third-order valence-corrected chi connectivity index (χ3v) is 4.37. The molecule has 0 fully saturated rings. The van der Waals surface area contributed by atoms with Crippen LogP contribution in [0.2, 0.25) is 0 Å². The first-order valence-corrected chi connectivity index (χ1v) is 7.83. The van der Waals surface area contributed by atoms with Crippen molar-refractivity contribution < 1.29 is 19.1 Å². The molecule has 22 heavy (non-hydrogen) atoms. The molecule has 0 unspecified atom stereocenters. The zero-order chi connectivity index (χ0) is 16.1. The normalized spacial score (nSPS) is 10.6. The van der Waals surface area contributed by atoms with Gasteiger partial charge in [-0.25, -0.2) is 4.98 Å². The summed E-state index contributed by atoms with van der Waals surface area (Å²) in [6.45, 7) is 4.25. The number of aliphatic carboxylic acids is 1. The molecule has 0 aliphatic rings. The van der Waals surface area contributed by atoms with Crippen LogP contribution in [0.4, 0.5) is 0 Å². The average molecular weight is 322 g/mol. The highest BCUT2D eigenvalue weighted by molar-refractivity contribution is 7.11. The third kappa shape index (κ3) is 3.94. The summed E-state index contributed by atoms with van der Waals surface area (Å²) in [4.78, 5) is 28.5. The smallest absolute Gasteiger partial charge is 0.311 e. The van der Waals surface area contributed by atoms with Crippen molar-refractivity contribution in [3.05, 3.63) is 39.2 Å². The Morgan fingerprint density at radius 3 is 2.86 bits per heavy atom. The predicted octanol–water partition coefficient (Wildman–Crippen LogP) is 2.21. The standard InChI is InChI=1S/C15H18N2O4S/c1-3-10-7-17-12(22-10)4-5-16-15(20)14-9(2)8-21-11(14)6-13(18)19/h7-8H,3-6H2,1-2H3,(H,16,20)(H,18,19). The van der Waals surface area contributed by atoms with E-state index >= 15 is 0 Å². The number of rotatable bonds is 7. The quantitative estimate of drug-likeness (QED) is 0.815. The summed E-state index contributed by atoms with van der Waals surface area (Å²) in [7, 11) is 0. The third-order valence-electron chi connectivity index (χ3n) is 3.16. The number of carboxylic acid groups (broad SMARTS) is 1. The zero-order valence-corrected chi connectivity index (χ0v) is 13.3. The van der Waals surface area contributed by atoms with Crippen molar-refractivity contribution >= 4 is 23.2 Å². The second kappa shape index (κ2) is 7.22. The minimum absolute atomic E-state index is 0.185. The Balaban J connectivity index is 1.94. The van der Waals surface area contributed by atoms with Gasteiger partial charge >= 0.3 is 5.97 Å². The highest BCUT2D eigenvalue weighted by atomic mass is 32.1. The molecule has 2 heterocycles. The van der Waals surface area contributed by atoms with Gasteiger partial charge < -0.3 is 14.8 Å². The van der Waals surface area contributed by atoms with E-state index in [0.717, 1.165) is 11.4 Å². The number of nitrogens with zero attached hydrogens (tertiary/aromatic N) is 1. The Labute approximate surface area is 132 Å². The van der Waals surface area contributed by atoms with Crippen LogP contribution in [0.3, 0.4) is 0 Å². The lowest BCUT2D eigenvalue weighted by Crippen LogP contribution is -2.27. The van der Waals surface area contributed by atoms with Crippen molar-refractivity contribution in [3.8, 4) is 0 Å². The zero-order valence-electron chi connectivity index (χ0n) is 12.5. The van der Waals surface area contributed by atoms with Crippen LogP contribution in [0.25, 0.3) is 0 Å². The van der Waals surface area contributed by atoms with Crippen LogP contribution in [-0.2, 0) is 24.1 Å². The lowest BCUT2D eigenvalue weighted by atomic mass is 10.1.